The number of aromatic nitrogens is 2. The van der Waals surface area contributed by atoms with Crippen LogP contribution in [-0.2, 0) is 22.4 Å². The summed E-state index contributed by atoms with van der Waals surface area (Å²) in [5.41, 5.74) is 1.58. The van der Waals surface area contributed by atoms with Gasteiger partial charge in [-0.05, 0) is 30.2 Å². The van der Waals surface area contributed by atoms with Crippen molar-refractivity contribution in [3.05, 3.63) is 58.6 Å². The molecule has 1 aromatic heterocycles. The fourth-order valence-corrected chi connectivity index (χ4v) is 2.52. The van der Waals surface area contributed by atoms with E-state index in [0.717, 1.165) is 15.7 Å². The third kappa shape index (κ3) is 5.78. The Morgan fingerprint density at radius 2 is 2.13 bits per heavy atom. The summed E-state index contributed by atoms with van der Waals surface area (Å²) in [5.74, 6) is -1.37. The molecule has 1 heterocycles. The summed E-state index contributed by atoms with van der Waals surface area (Å²) in [6.07, 6.45) is 3.87. The lowest BCUT2D eigenvalue weighted by Gasteiger charge is -2.14. The second-order valence-corrected chi connectivity index (χ2v) is 5.91. The van der Waals surface area contributed by atoms with E-state index in [1.165, 1.54) is 6.33 Å². The van der Waals surface area contributed by atoms with Gasteiger partial charge in [-0.25, -0.2) is 14.8 Å². The molecule has 0 fully saturated rings. The molecule has 0 aliphatic heterocycles. The Labute approximate surface area is 142 Å². The number of rotatable bonds is 7. The fraction of sp³-hybridized carbons (Fsp3) is 0.250. The van der Waals surface area contributed by atoms with Crippen molar-refractivity contribution in [1.82, 2.24) is 15.3 Å². The predicted molar refractivity (Wildman–Crippen MR) is 87.8 cm³/mol. The molecule has 0 spiro atoms. The van der Waals surface area contributed by atoms with Crippen LogP contribution in [0.1, 0.15) is 17.7 Å². The third-order valence-electron chi connectivity index (χ3n) is 3.21. The number of nitrogens with one attached hydrogen (secondary N) is 1. The van der Waals surface area contributed by atoms with Gasteiger partial charge in [0.15, 0.2) is 0 Å². The van der Waals surface area contributed by atoms with E-state index < -0.39 is 12.0 Å². The molecule has 23 heavy (non-hydrogen) atoms. The first-order valence-corrected chi connectivity index (χ1v) is 7.85. The van der Waals surface area contributed by atoms with Gasteiger partial charge >= 0.3 is 5.97 Å². The van der Waals surface area contributed by atoms with Crippen molar-refractivity contribution in [2.24, 2.45) is 0 Å². The van der Waals surface area contributed by atoms with Crippen LogP contribution >= 0.6 is 15.9 Å². The van der Waals surface area contributed by atoms with Gasteiger partial charge in [0.05, 0.1) is 0 Å². The number of benzene rings is 1. The minimum atomic E-state index is -1.06. The Kier molecular flexibility index (Phi) is 6.22. The number of aliphatic carboxylic acids is 1. The van der Waals surface area contributed by atoms with Crippen LogP contribution in [0.25, 0.3) is 0 Å². The molecule has 0 bridgehead atoms. The number of nitrogens with zero attached hydrogens (tertiary/aromatic N) is 2. The number of halogens is 1. The average Bonchev–Trinajstić information content (AvgIpc) is 2.53. The number of hydrogen-bond donors (Lipinski definition) is 2. The molecule has 0 aliphatic carbocycles. The van der Waals surface area contributed by atoms with Crippen LogP contribution in [-0.4, -0.2) is 33.0 Å². The summed E-state index contributed by atoms with van der Waals surface area (Å²) >= 11 is 3.34. The number of carbonyl (C=O) groups is 2. The Morgan fingerprint density at radius 1 is 1.30 bits per heavy atom. The molecule has 6 nitrogen and oxygen atoms in total. The first-order chi connectivity index (χ1) is 11.0. The number of hydrogen-bond acceptors (Lipinski definition) is 4. The highest BCUT2D eigenvalue weighted by atomic mass is 79.9. The van der Waals surface area contributed by atoms with Crippen LogP contribution in [0.3, 0.4) is 0 Å². The molecule has 120 valence electrons. The highest BCUT2D eigenvalue weighted by Crippen LogP contribution is 2.13. The summed E-state index contributed by atoms with van der Waals surface area (Å²) in [6.45, 7) is 0. The molecule has 0 saturated carbocycles. The fourth-order valence-electron chi connectivity index (χ4n) is 2.07. The van der Waals surface area contributed by atoms with Crippen LogP contribution < -0.4 is 5.32 Å². The van der Waals surface area contributed by atoms with E-state index >= 15 is 0 Å². The summed E-state index contributed by atoms with van der Waals surface area (Å²) in [5, 5.41) is 11.8. The topological polar surface area (TPSA) is 92.2 Å². The molecule has 0 aliphatic rings. The van der Waals surface area contributed by atoms with Crippen LogP contribution in [0.2, 0.25) is 0 Å². The van der Waals surface area contributed by atoms with Crippen molar-refractivity contribution in [2.45, 2.75) is 25.3 Å². The maximum Gasteiger partial charge on any atom is 0.326 e. The van der Waals surface area contributed by atoms with Crippen molar-refractivity contribution in [3.63, 3.8) is 0 Å². The smallest absolute Gasteiger partial charge is 0.326 e. The third-order valence-corrected chi connectivity index (χ3v) is 3.71. The van der Waals surface area contributed by atoms with Gasteiger partial charge in [0.1, 0.15) is 12.4 Å². The van der Waals surface area contributed by atoms with E-state index in [2.05, 4.69) is 31.2 Å². The second-order valence-electron chi connectivity index (χ2n) is 4.99. The van der Waals surface area contributed by atoms with Crippen molar-refractivity contribution >= 4 is 27.8 Å². The molecule has 2 aromatic rings. The highest BCUT2D eigenvalue weighted by Gasteiger charge is 2.20. The van der Waals surface area contributed by atoms with Gasteiger partial charge in [0.25, 0.3) is 0 Å². The SMILES string of the molecule is O=C(CCc1ccncn1)NC(Cc1cccc(Br)c1)C(=O)O. The summed E-state index contributed by atoms with van der Waals surface area (Å²) in [7, 11) is 0. The maximum absolute atomic E-state index is 12.0. The predicted octanol–water partition coefficient (Wildman–Crippen LogP) is 1.98. The zero-order valence-electron chi connectivity index (χ0n) is 12.3. The van der Waals surface area contributed by atoms with Gasteiger partial charge < -0.3 is 10.4 Å². The highest BCUT2D eigenvalue weighted by molar-refractivity contribution is 9.10. The molecule has 2 N–H and O–H groups in total. The molecule has 7 heteroatoms. The minimum absolute atomic E-state index is 0.180. The van der Waals surface area contributed by atoms with Gasteiger partial charge in [0.2, 0.25) is 5.91 Å². The van der Waals surface area contributed by atoms with Crippen molar-refractivity contribution in [3.8, 4) is 0 Å². The molecule has 1 atom stereocenters. The Bertz CT molecular complexity index is 679. The van der Waals surface area contributed by atoms with Crippen LogP contribution in [0.4, 0.5) is 0 Å². The first kappa shape index (κ1) is 17.1. The van der Waals surface area contributed by atoms with E-state index in [0.29, 0.717) is 6.42 Å². The first-order valence-electron chi connectivity index (χ1n) is 7.06. The summed E-state index contributed by atoms with van der Waals surface area (Å²) < 4.78 is 0.870. The van der Waals surface area contributed by atoms with E-state index in [-0.39, 0.29) is 18.7 Å². The van der Waals surface area contributed by atoms with Crippen LogP contribution in [0.5, 0.6) is 0 Å². The molecule has 1 unspecified atom stereocenters. The number of aryl methyl sites for hydroxylation is 1. The Morgan fingerprint density at radius 3 is 2.78 bits per heavy atom. The monoisotopic (exact) mass is 377 g/mol. The largest absolute Gasteiger partial charge is 0.480 e. The zero-order valence-corrected chi connectivity index (χ0v) is 13.9. The number of amides is 1. The average molecular weight is 378 g/mol. The normalized spacial score (nSPS) is 11.7. The van der Waals surface area contributed by atoms with Crippen molar-refractivity contribution < 1.29 is 14.7 Å². The van der Waals surface area contributed by atoms with Gasteiger partial charge in [-0.1, -0.05) is 28.1 Å². The molecule has 1 aromatic carbocycles. The van der Waals surface area contributed by atoms with Crippen molar-refractivity contribution in [2.75, 3.05) is 0 Å². The van der Waals surface area contributed by atoms with Gasteiger partial charge in [0, 0.05) is 29.2 Å². The standard InChI is InChI=1S/C16H16BrN3O3/c17-12-3-1-2-11(8-12)9-14(16(22)23)20-15(21)5-4-13-6-7-18-10-19-13/h1-3,6-8,10,14H,4-5,9H2,(H,20,21)(H,22,23). The Hall–Kier alpha value is -2.28. The lowest BCUT2D eigenvalue weighted by atomic mass is 10.1. The van der Waals surface area contributed by atoms with Crippen LogP contribution in [0, 0.1) is 0 Å². The minimum Gasteiger partial charge on any atom is -0.480 e. The van der Waals surface area contributed by atoms with Gasteiger partial charge in [-0.2, -0.15) is 0 Å². The molecule has 0 saturated heterocycles. The van der Waals surface area contributed by atoms with E-state index in [1.54, 1.807) is 12.3 Å². The Balaban J connectivity index is 1.91. The quantitative estimate of drug-likeness (QED) is 0.769. The molecule has 0 radical (unpaired) electrons. The zero-order chi connectivity index (χ0) is 16.7. The van der Waals surface area contributed by atoms with E-state index in [4.69, 9.17) is 0 Å². The maximum atomic E-state index is 12.0. The van der Waals surface area contributed by atoms with Gasteiger partial charge in [-0.15, -0.1) is 0 Å². The molecule has 1 amide bonds. The number of carboxylic acid groups (broad SMARTS) is 1. The molecule has 2 rings (SSSR count). The number of carboxylic acids is 1. The number of carbonyl (C=O) groups excluding carboxylic acids is 1. The van der Waals surface area contributed by atoms with Crippen molar-refractivity contribution in [1.29, 1.82) is 0 Å². The van der Waals surface area contributed by atoms with Crippen LogP contribution in [0.15, 0.2) is 47.3 Å². The second kappa shape index (κ2) is 8.38. The lowest BCUT2D eigenvalue weighted by molar-refractivity contribution is -0.141. The van der Waals surface area contributed by atoms with E-state index in [1.807, 2.05) is 24.3 Å². The van der Waals surface area contributed by atoms with E-state index in [9.17, 15) is 14.7 Å². The molecular formula is C16H16BrN3O3. The van der Waals surface area contributed by atoms with Gasteiger partial charge in [-0.3, -0.25) is 4.79 Å². The summed E-state index contributed by atoms with van der Waals surface area (Å²) in [6, 6.07) is 8.12. The lowest BCUT2D eigenvalue weighted by Crippen LogP contribution is -2.42. The summed E-state index contributed by atoms with van der Waals surface area (Å²) in [4.78, 5) is 31.1. The molecular weight excluding hydrogens is 362 g/mol.